The molecule has 0 aromatic heterocycles. The van der Waals surface area contributed by atoms with Gasteiger partial charge in [-0.25, -0.2) is 0 Å². The number of aromatic hydroxyl groups is 1. The van der Waals surface area contributed by atoms with E-state index in [1.165, 1.54) is 6.07 Å². The molecule has 5 nitrogen and oxygen atoms in total. The van der Waals surface area contributed by atoms with E-state index in [1.54, 1.807) is 23.1 Å². The minimum atomic E-state index is -0.0837. The number of piperidine rings is 1. The summed E-state index contributed by atoms with van der Waals surface area (Å²) in [6, 6.07) is 14.0. The van der Waals surface area contributed by atoms with Crippen molar-refractivity contribution in [3.05, 3.63) is 65.2 Å². The predicted molar refractivity (Wildman–Crippen MR) is 95.7 cm³/mol. The van der Waals surface area contributed by atoms with Gasteiger partial charge in [-0.05, 0) is 49.6 Å². The maximum absolute atomic E-state index is 12.5. The van der Waals surface area contributed by atoms with Crippen LogP contribution < -0.4 is 5.32 Å². The van der Waals surface area contributed by atoms with Gasteiger partial charge in [-0.1, -0.05) is 24.3 Å². The molecular weight excluding hydrogens is 316 g/mol. The molecular formula is C20H22N2O3. The zero-order chi connectivity index (χ0) is 17.8. The van der Waals surface area contributed by atoms with Crippen LogP contribution in [0.3, 0.4) is 0 Å². The van der Waals surface area contributed by atoms with Gasteiger partial charge >= 0.3 is 0 Å². The van der Waals surface area contributed by atoms with E-state index in [0.29, 0.717) is 24.2 Å². The number of aryl methyl sites for hydroxylation is 1. The van der Waals surface area contributed by atoms with E-state index in [-0.39, 0.29) is 23.6 Å². The number of likely N-dealkylation sites (tertiary alicyclic amines) is 1. The molecule has 0 unspecified atom stereocenters. The summed E-state index contributed by atoms with van der Waals surface area (Å²) in [4.78, 5) is 26.6. The lowest BCUT2D eigenvalue weighted by molar-refractivity contribution is 0.0697. The molecule has 1 heterocycles. The molecule has 0 spiro atoms. The second-order valence-corrected chi connectivity index (χ2v) is 6.41. The van der Waals surface area contributed by atoms with Gasteiger partial charge in [0.05, 0.1) is 0 Å². The number of hydrogen-bond donors (Lipinski definition) is 2. The molecule has 0 atom stereocenters. The summed E-state index contributed by atoms with van der Waals surface area (Å²) in [5, 5.41) is 12.6. The van der Waals surface area contributed by atoms with E-state index in [0.717, 1.165) is 18.4 Å². The number of hydrogen-bond acceptors (Lipinski definition) is 3. The highest BCUT2D eigenvalue weighted by atomic mass is 16.3. The summed E-state index contributed by atoms with van der Waals surface area (Å²) >= 11 is 0. The Hall–Kier alpha value is -2.82. The van der Waals surface area contributed by atoms with Crippen LogP contribution in [0.4, 0.5) is 0 Å². The lowest BCUT2D eigenvalue weighted by Crippen LogP contribution is -2.46. The number of amides is 2. The first kappa shape index (κ1) is 17.0. The molecule has 2 aromatic carbocycles. The lowest BCUT2D eigenvalue weighted by atomic mass is 10.0. The molecule has 3 rings (SSSR count). The Labute approximate surface area is 147 Å². The Kier molecular flexibility index (Phi) is 5.03. The van der Waals surface area contributed by atoms with Crippen LogP contribution in [-0.2, 0) is 0 Å². The van der Waals surface area contributed by atoms with Crippen LogP contribution in [0.1, 0.15) is 39.1 Å². The number of nitrogens with one attached hydrogen (secondary N) is 1. The number of rotatable bonds is 3. The maximum Gasteiger partial charge on any atom is 0.253 e. The average Bonchev–Trinajstić information content (AvgIpc) is 2.62. The Morgan fingerprint density at radius 1 is 1.08 bits per heavy atom. The summed E-state index contributed by atoms with van der Waals surface area (Å²) in [6.07, 6.45) is 1.45. The van der Waals surface area contributed by atoms with Crippen LogP contribution in [-0.4, -0.2) is 41.0 Å². The Morgan fingerprint density at radius 2 is 1.80 bits per heavy atom. The van der Waals surface area contributed by atoms with Crippen molar-refractivity contribution >= 4 is 11.8 Å². The van der Waals surface area contributed by atoms with Crippen LogP contribution in [0, 0.1) is 6.92 Å². The number of carbonyl (C=O) groups excluding carboxylic acids is 2. The van der Waals surface area contributed by atoms with E-state index in [2.05, 4.69) is 5.32 Å². The van der Waals surface area contributed by atoms with Gasteiger partial charge in [-0.3, -0.25) is 9.59 Å². The normalized spacial score (nSPS) is 15.0. The summed E-state index contributed by atoms with van der Waals surface area (Å²) < 4.78 is 0. The number of benzene rings is 2. The first-order chi connectivity index (χ1) is 12.0. The maximum atomic E-state index is 12.5. The summed E-state index contributed by atoms with van der Waals surface area (Å²) in [5.41, 5.74) is 2.14. The molecule has 25 heavy (non-hydrogen) atoms. The standard InChI is InChI=1S/C20H22N2O3/c1-14-5-2-3-8-18(14)19(24)21-16-9-11-22(12-10-16)20(25)15-6-4-7-17(23)13-15/h2-8,13,16,23H,9-12H2,1H3,(H,21,24). The first-order valence-corrected chi connectivity index (χ1v) is 8.49. The monoisotopic (exact) mass is 338 g/mol. The Balaban J connectivity index is 1.56. The van der Waals surface area contributed by atoms with Gasteiger partial charge in [0, 0.05) is 30.3 Å². The second kappa shape index (κ2) is 7.38. The van der Waals surface area contributed by atoms with Crippen molar-refractivity contribution in [3.8, 4) is 5.75 Å². The fraction of sp³-hybridized carbons (Fsp3) is 0.300. The first-order valence-electron chi connectivity index (χ1n) is 8.49. The molecule has 2 N–H and O–H groups in total. The van der Waals surface area contributed by atoms with E-state index < -0.39 is 0 Å². The van der Waals surface area contributed by atoms with Gasteiger partial charge in [0.1, 0.15) is 5.75 Å². The average molecular weight is 338 g/mol. The van der Waals surface area contributed by atoms with Crippen LogP contribution in [0.5, 0.6) is 5.75 Å². The van der Waals surface area contributed by atoms with Gasteiger partial charge in [-0.2, -0.15) is 0 Å². The lowest BCUT2D eigenvalue weighted by Gasteiger charge is -2.32. The van der Waals surface area contributed by atoms with Crippen LogP contribution in [0.15, 0.2) is 48.5 Å². The molecule has 0 aliphatic carbocycles. The van der Waals surface area contributed by atoms with Gasteiger partial charge in [-0.15, -0.1) is 0 Å². The van der Waals surface area contributed by atoms with Crippen LogP contribution >= 0.6 is 0 Å². The molecule has 2 aromatic rings. The Bertz CT molecular complexity index is 780. The summed E-state index contributed by atoms with van der Waals surface area (Å²) in [6.45, 7) is 3.10. The minimum absolute atomic E-state index is 0.0594. The van der Waals surface area contributed by atoms with Crippen molar-refractivity contribution in [1.82, 2.24) is 10.2 Å². The highest BCUT2D eigenvalue weighted by Gasteiger charge is 2.25. The zero-order valence-corrected chi connectivity index (χ0v) is 14.2. The van der Waals surface area contributed by atoms with E-state index >= 15 is 0 Å². The van der Waals surface area contributed by atoms with Gasteiger partial charge in [0.25, 0.3) is 11.8 Å². The van der Waals surface area contributed by atoms with Gasteiger partial charge in [0.2, 0.25) is 0 Å². The molecule has 1 fully saturated rings. The van der Waals surface area contributed by atoms with Crippen molar-refractivity contribution in [1.29, 1.82) is 0 Å². The van der Waals surface area contributed by atoms with E-state index in [4.69, 9.17) is 0 Å². The number of phenols is 1. The van der Waals surface area contributed by atoms with Crippen molar-refractivity contribution < 1.29 is 14.7 Å². The zero-order valence-electron chi connectivity index (χ0n) is 14.2. The molecule has 1 saturated heterocycles. The predicted octanol–water partition coefficient (Wildman–Crippen LogP) is 2.74. The molecule has 0 saturated carbocycles. The molecule has 0 bridgehead atoms. The summed E-state index contributed by atoms with van der Waals surface area (Å²) in [5.74, 6) is -0.0540. The third-order valence-corrected chi connectivity index (χ3v) is 4.60. The van der Waals surface area contributed by atoms with Crippen molar-refractivity contribution in [2.24, 2.45) is 0 Å². The highest BCUT2D eigenvalue weighted by Crippen LogP contribution is 2.17. The van der Waals surface area contributed by atoms with E-state index in [9.17, 15) is 14.7 Å². The SMILES string of the molecule is Cc1ccccc1C(=O)NC1CCN(C(=O)c2cccc(O)c2)CC1. The summed E-state index contributed by atoms with van der Waals surface area (Å²) in [7, 11) is 0. The smallest absolute Gasteiger partial charge is 0.253 e. The van der Waals surface area contributed by atoms with Crippen LogP contribution in [0.25, 0.3) is 0 Å². The highest BCUT2D eigenvalue weighted by molar-refractivity contribution is 5.96. The molecule has 0 radical (unpaired) electrons. The minimum Gasteiger partial charge on any atom is -0.508 e. The van der Waals surface area contributed by atoms with Crippen LogP contribution in [0.2, 0.25) is 0 Å². The molecule has 130 valence electrons. The van der Waals surface area contributed by atoms with E-state index in [1.807, 2.05) is 31.2 Å². The third kappa shape index (κ3) is 3.99. The quantitative estimate of drug-likeness (QED) is 0.904. The van der Waals surface area contributed by atoms with Crippen molar-refractivity contribution in [3.63, 3.8) is 0 Å². The van der Waals surface area contributed by atoms with Crippen molar-refractivity contribution in [2.75, 3.05) is 13.1 Å². The molecule has 5 heteroatoms. The van der Waals surface area contributed by atoms with Gasteiger partial charge in [0.15, 0.2) is 0 Å². The molecule has 1 aliphatic heterocycles. The largest absolute Gasteiger partial charge is 0.508 e. The number of carbonyl (C=O) groups is 2. The van der Waals surface area contributed by atoms with Gasteiger partial charge < -0.3 is 15.3 Å². The fourth-order valence-corrected chi connectivity index (χ4v) is 3.14. The topological polar surface area (TPSA) is 69.6 Å². The number of phenolic OH excluding ortho intramolecular Hbond substituents is 1. The third-order valence-electron chi connectivity index (χ3n) is 4.60. The molecule has 1 aliphatic rings. The fourth-order valence-electron chi connectivity index (χ4n) is 3.14. The Morgan fingerprint density at radius 3 is 2.48 bits per heavy atom. The number of nitrogens with zero attached hydrogens (tertiary/aromatic N) is 1. The van der Waals surface area contributed by atoms with Crippen molar-refractivity contribution in [2.45, 2.75) is 25.8 Å². The second-order valence-electron chi connectivity index (χ2n) is 6.41. The molecule has 2 amide bonds.